The van der Waals surface area contributed by atoms with Crippen LogP contribution in [0.25, 0.3) is 0 Å². The molecule has 1 aliphatic heterocycles. The lowest BCUT2D eigenvalue weighted by atomic mass is 10.2. The summed E-state index contributed by atoms with van der Waals surface area (Å²) < 4.78 is 13.0. The van der Waals surface area contributed by atoms with E-state index in [0.29, 0.717) is 22.8 Å². The summed E-state index contributed by atoms with van der Waals surface area (Å²) in [5.74, 6) is -0.702. The summed E-state index contributed by atoms with van der Waals surface area (Å²) in [6, 6.07) is 12.0. The van der Waals surface area contributed by atoms with Gasteiger partial charge in [-0.3, -0.25) is 9.59 Å². The second-order valence-corrected chi connectivity index (χ2v) is 5.80. The second-order valence-electron chi connectivity index (χ2n) is 5.36. The molecule has 1 fully saturated rings. The molecule has 2 aromatic carbocycles. The van der Waals surface area contributed by atoms with Crippen LogP contribution >= 0.6 is 11.6 Å². The highest BCUT2D eigenvalue weighted by molar-refractivity contribution is 6.30. The molecule has 2 aromatic rings. The number of hydrogen-bond donors (Lipinski definition) is 1. The van der Waals surface area contributed by atoms with Crippen LogP contribution < -0.4 is 10.2 Å². The van der Waals surface area contributed by atoms with Crippen LogP contribution in [0.4, 0.5) is 10.1 Å². The van der Waals surface area contributed by atoms with Gasteiger partial charge in [0.25, 0.3) is 5.91 Å². The molecule has 1 aliphatic rings. The van der Waals surface area contributed by atoms with E-state index in [9.17, 15) is 14.0 Å². The molecule has 0 radical (unpaired) electrons. The van der Waals surface area contributed by atoms with Gasteiger partial charge in [0.2, 0.25) is 5.91 Å². The van der Waals surface area contributed by atoms with Gasteiger partial charge in [-0.1, -0.05) is 11.6 Å². The Morgan fingerprint density at radius 2 is 1.78 bits per heavy atom. The molecule has 23 heavy (non-hydrogen) atoms. The third kappa shape index (κ3) is 3.51. The van der Waals surface area contributed by atoms with Crippen LogP contribution in [-0.2, 0) is 4.79 Å². The Hall–Kier alpha value is -2.40. The van der Waals surface area contributed by atoms with Gasteiger partial charge in [0, 0.05) is 29.2 Å². The molecule has 0 aliphatic carbocycles. The molecule has 2 amide bonds. The van der Waals surface area contributed by atoms with Crippen molar-refractivity contribution in [2.24, 2.45) is 0 Å². The second kappa shape index (κ2) is 6.38. The first kappa shape index (κ1) is 15.5. The quantitative estimate of drug-likeness (QED) is 0.939. The number of nitrogens with zero attached hydrogens (tertiary/aromatic N) is 1. The first-order chi connectivity index (χ1) is 11.0. The van der Waals surface area contributed by atoms with E-state index in [1.165, 1.54) is 12.1 Å². The van der Waals surface area contributed by atoms with E-state index in [0.717, 1.165) is 0 Å². The van der Waals surface area contributed by atoms with Crippen molar-refractivity contribution in [3.8, 4) is 0 Å². The summed E-state index contributed by atoms with van der Waals surface area (Å²) in [4.78, 5) is 25.8. The average Bonchev–Trinajstić information content (AvgIpc) is 2.89. The van der Waals surface area contributed by atoms with Gasteiger partial charge in [0.15, 0.2) is 0 Å². The molecule has 1 atom stereocenters. The largest absolute Gasteiger partial charge is 0.347 e. The summed E-state index contributed by atoms with van der Waals surface area (Å²) in [6.45, 7) is 0.365. The Morgan fingerprint density at radius 1 is 1.13 bits per heavy atom. The monoisotopic (exact) mass is 332 g/mol. The topological polar surface area (TPSA) is 49.4 Å². The normalized spacial score (nSPS) is 17.4. The van der Waals surface area contributed by atoms with Crippen molar-refractivity contribution in [2.75, 3.05) is 11.4 Å². The van der Waals surface area contributed by atoms with E-state index >= 15 is 0 Å². The number of carbonyl (C=O) groups excluding carboxylic acids is 2. The predicted molar refractivity (Wildman–Crippen MR) is 86.1 cm³/mol. The zero-order valence-electron chi connectivity index (χ0n) is 12.1. The van der Waals surface area contributed by atoms with Crippen molar-refractivity contribution in [2.45, 2.75) is 12.5 Å². The summed E-state index contributed by atoms with van der Waals surface area (Å²) in [5, 5.41) is 3.39. The third-order valence-corrected chi connectivity index (χ3v) is 3.96. The number of amides is 2. The third-order valence-electron chi connectivity index (χ3n) is 3.70. The molecule has 1 N–H and O–H groups in total. The maximum Gasteiger partial charge on any atom is 0.251 e. The van der Waals surface area contributed by atoms with E-state index in [1.54, 1.807) is 41.3 Å². The van der Waals surface area contributed by atoms with E-state index in [2.05, 4.69) is 5.32 Å². The zero-order chi connectivity index (χ0) is 16.4. The van der Waals surface area contributed by atoms with Crippen molar-refractivity contribution in [3.05, 3.63) is 64.9 Å². The highest BCUT2D eigenvalue weighted by atomic mass is 35.5. The zero-order valence-corrected chi connectivity index (χ0v) is 12.9. The molecule has 3 rings (SSSR count). The number of carbonyl (C=O) groups is 2. The summed E-state index contributed by atoms with van der Waals surface area (Å²) >= 11 is 5.79. The maximum atomic E-state index is 13.0. The Kier molecular flexibility index (Phi) is 4.30. The highest BCUT2D eigenvalue weighted by Crippen LogP contribution is 2.22. The van der Waals surface area contributed by atoms with E-state index in [4.69, 9.17) is 11.6 Å². The lowest BCUT2D eigenvalue weighted by Gasteiger charge is -2.17. The number of benzene rings is 2. The van der Waals surface area contributed by atoms with Crippen LogP contribution in [0.3, 0.4) is 0 Å². The smallest absolute Gasteiger partial charge is 0.251 e. The molecule has 0 bridgehead atoms. The fourth-order valence-electron chi connectivity index (χ4n) is 2.54. The number of halogens is 2. The first-order valence-corrected chi connectivity index (χ1v) is 7.53. The van der Waals surface area contributed by atoms with Crippen LogP contribution in [0.1, 0.15) is 16.8 Å². The first-order valence-electron chi connectivity index (χ1n) is 7.15. The fourth-order valence-corrected chi connectivity index (χ4v) is 2.67. The van der Waals surface area contributed by atoms with Crippen LogP contribution in [0.5, 0.6) is 0 Å². The minimum atomic E-state index is -0.354. The van der Waals surface area contributed by atoms with Gasteiger partial charge in [-0.15, -0.1) is 0 Å². The van der Waals surface area contributed by atoms with Crippen molar-refractivity contribution >= 4 is 29.1 Å². The average molecular weight is 333 g/mol. The molecule has 0 saturated carbocycles. The molecule has 0 spiro atoms. The lowest BCUT2D eigenvalue weighted by molar-refractivity contribution is -0.117. The summed E-state index contributed by atoms with van der Waals surface area (Å²) in [6.07, 6.45) is 0.219. The Balaban J connectivity index is 1.66. The van der Waals surface area contributed by atoms with Gasteiger partial charge in [-0.25, -0.2) is 4.39 Å². The molecule has 1 saturated heterocycles. The molecule has 118 valence electrons. The molecular weight excluding hydrogens is 319 g/mol. The number of nitrogens with one attached hydrogen (secondary N) is 1. The fraction of sp³-hybridized carbons (Fsp3) is 0.176. The van der Waals surface area contributed by atoms with Gasteiger partial charge in [0.1, 0.15) is 5.82 Å². The molecular formula is C17H14ClFN2O2. The molecule has 1 heterocycles. The van der Waals surface area contributed by atoms with Crippen LogP contribution in [0, 0.1) is 5.82 Å². The van der Waals surface area contributed by atoms with Gasteiger partial charge in [-0.2, -0.15) is 0 Å². The highest BCUT2D eigenvalue weighted by Gasteiger charge is 2.31. The molecule has 0 aromatic heterocycles. The van der Waals surface area contributed by atoms with Gasteiger partial charge in [0.05, 0.1) is 6.04 Å². The van der Waals surface area contributed by atoms with Crippen molar-refractivity contribution < 1.29 is 14.0 Å². The number of anilines is 1. The standard InChI is InChI=1S/C17H14ClFN2O2/c18-12-3-1-11(2-4-12)17(23)20-14-9-16(22)21(10-14)15-7-5-13(19)6-8-15/h1-8,14H,9-10H2,(H,20,23)/t14-/m1/s1. The molecule has 4 nitrogen and oxygen atoms in total. The lowest BCUT2D eigenvalue weighted by Crippen LogP contribution is -2.37. The van der Waals surface area contributed by atoms with Crippen molar-refractivity contribution in [1.82, 2.24) is 5.32 Å². The van der Waals surface area contributed by atoms with E-state index in [-0.39, 0.29) is 30.1 Å². The SMILES string of the molecule is O=C(N[C@@H]1CC(=O)N(c2ccc(F)cc2)C1)c1ccc(Cl)cc1. The minimum absolute atomic E-state index is 0.0991. The van der Waals surface area contributed by atoms with Gasteiger partial charge >= 0.3 is 0 Å². The number of rotatable bonds is 3. The van der Waals surface area contributed by atoms with E-state index < -0.39 is 0 Å². The summed E-state index contributed by atoms with van der Waals surface area (Å²) in [5.41, 5.74) is 1.11. The van der Waals surface area contributed by atoms with Gasteiger partial charge < -0.3 is 10.2 Å². The van der Waals surface area contributed by atoms with E-state index in [1.807, 2.05) is 0 Å². The van der Waals surface area contributed by atoms with Crippen molar-refractivity contribution in [3.63, 3.8) is 0 Å². The minimum Gasteiger partial charge on any atom is -0.347 e. The Labute approximate surface area is 137 Å². The maximum absolute atomic E-state index is 13.0. The van der Waals surface area contributed by atoms with Gasteiger partial charge in [-0.05, 0) is 48.5 Å². The van der Waals surface area contributed by atoms with Crippen LogP contribution in [-0.4, -0.2) is 24.4 Å². The van der Waals surface area contributed by atoms with Crippen molar-refractivity contribution in [1.29, 1.82) is 0 Å². The predicted octanol–water partition coefficient (Wildman–Crippen LogP) is 3.01. The van der Waals surface area contributed by atoms with Crippen LogP contribution in [0.2, 0.25) is 5.02 Å². The molecule has 0 unspecified atom stereocenters. The number of hydrogen-bond acceptors (Lipinski definition) is 2. The molecule has 6 heteroatoms. The summed E-state index contributed by atoms with van der Waals surface area (Å²) in [7, 11) is 0. The Morgan fingerprint density at radius 3 is 2.43 bits per heavy atom. The Bertz CT molecular complexity index is 731. The van der Waals surface area contributed by atoms with Crippen LogP contribution in [0.15, 0.2) is 48.5 Å².